The third kappa shape index (κ3) is 4.31. The maximum absolute atomic E-state index is 13.7. The van der Waals surface area contributed by atoms with Gasteiger partial charge in [-0.2, -0.15) is 4.98 Å². The van der Waals surface area contributed by atoms with Gasteiger partial charge in [0.1, 0.15) is 0 Å². The van der Waals surface area contributed by atoms with Crippen LogP contribution in [0.2, 0.25) is 0 Å². The number of hydrogen-bond acceptors (Lipinski definition) is 9. The summed E-state index contributed by atoms with van der Waals surface area (Å²) < 4.78 is 38.6. The van der Waals surface area contributed by atoms with Crippen LogP contribution in [0.25, 0.3) is 33.3 Å². The Morgan fingerprint density at radius 3 is 2.61 bits per heavy atom. The number of piperidine rings is 1. The summed E-state index contributed by atoms with van der Waals surface area (Å²) in [5.74, 6) is -2.66. The van der Waals surface area contributed by atoms with Crippen molar-refractivity contribution in [1.82, 2.24) is 20.2 Å². The lowest BCUT2D eigenvalue weighted by Gasteiger charge is -2.31. The molecule has 1 aliphatic rings. The molecule has 12 heteroatoms. The number of thiazole rings is 1. The second-order valence-corrected chi connectivity index (χ2v) is 9.23. The number of nitrogens with zero attached hydrogens (tertiary/aromatic N) is 5. The van der Waals surface area contributed by atoms with Crippen LogP contribution < -0.4 is 10.2 Å². The Labute approximate surface area is 206 Å². The lowest BCUT2D eigenvalue weighted by Crippen LogP contribution is -2.39. The summed E-state index contributed by atoms with van der Waals surface area (Å²) in [5, 5.41) is 10.9. The van der Waals surface area contributed by atoms with Crippen LogP contribution in [0.5, 0.6) is 0 Å². The number of benzene rings is 1. The zero-order valence-corrected chi connectivity index (χ0v) is 19.5. The van der Waals surface area contributed by atoms with Crippen molar-refractivity contribution in [3.63, 3.8) is 0 Å². The highest BCUT2D eigenvalue weighted by Gasteiger charge is 2.35. The quantitative estimate of drug-likeness (QED) is 0.332. The lowest BCUT2D eigenvalue weighted by atomic mass is 10.1. The normalized spacial score (nSPS) is 15.3. The van der Waals surface area contributed by atoms with Gasteiger partial charge < -0.3 is 13.7 Å². The largest absolute Gasteiger partial charge is 0.459 e. The molecule has 36 heavy (non-hydrogen) atoms. The van der Waals surface area contributed by atoms with E-state index in [0.29, 0.717) is 32.5 Å². The molecule has 6 rings (SSSR count). The number of furan rings is 1. The first-order valence-corrected chi connectivity index (χ1v) is 12.0. The smallest absolute Gasteiger partial charge is 0.322 e. The van der Waals surface area contributed by atoms with Gasteiger partial charge in [0.2, 0.25) is 0 Å². The summed E-state index contributed by atoms with van der Waals surface area (Å²) in [4.78, 5) is 24.4. The minimum atomic E-state index is -2.67. The molecule has 4 aromatic heterocycles. The average Bonchev–Trinajstić information content (AvgIpc) is 3.64. The zero-order chi connectivity index (χ0) is 24.7. The van der Waals surface area contributed by atoms with Crippen molar-refractivity contribution >= 4 is 38.7 Å². The molecule has 0 atom stereocenters. The predicted molar refractivity (Wildman–Crippen MR) is 129 cm³/mol. The molecule has 1 saturated heterocycles. The van der Waals surface area contributed by atoms with E-state index in [-0.39, 0.29) is 37.8 Å². The van der Waals surface area contributed by atoms with E-state index in [0.717, 1.165) is 5.56 Å². The fourth-order valence-corrected chi connectivity index (χ4v) is 5.00. The second-order valence-electron chi connectivity index (χ2n) is 8.26. The van der Waals surface area contributed by atoms with Crippen molar-refractivity contribution in [2.45, 2.75) is 18.8 Å². The van der Waals surface area contributed by atoms with Gasteiger partial charge in [-0.3, -0.25) is 10.1 Å². The van der Waals surface area contributed by atoms with Crippen LogP contribution in [0, 0.1) is 0 Å². The minimum absolute atomic E-state index is 0.0966. The molecule has 0 radical (unpaired) electrons. The Hall–Kier alpha value is -4.19. The number of pyridine rings is 1. The maximum Gasteiger partial charge on any atom is 0.322 e. The second kappa shape index (κ2) is 8.79. The van der Waals surface area contributed by atoms with E-state index >= 15 is 0 Å². The van der Waals surface area contributed by atoms with Crippen LogP contribution in [-0.2, 0) is 0 Å². The third-order valence-electron chi connectivity index (χ3n) is 5.81. The van der Waals surface area contributed by atoms with Crippen molar-refractivity contribution in [3.8, 4) is 22.9 Å². The first-order valence-electron chi connectivity index (χ1n) is 11.1. The average molecular weight is 509 g/mol. The van der Waals surface area contributed by atoms with Gasteiger partial charge in [0, 0.05) is 31.5 Å². The van der Waals surface area contributed by atoms with Gasteiger partial charge in [0.25, 0.3) is 17.7 Å². The predicted octanol–water partition coefficient (Wildman–Crippen LogP) is 5.49. The van der Waals surface area contributed by atoms with Gasteiger partial charge in [0.05, 0.1) is 22.2 Å². The fraction of sp³-hybridized carbons (Fsp3) is 0.208. The molecule has 5 heterocycles. The number of hydrogen-bond donors (Lipinski definition) is 1. The lowest BCUT2D eigenvalue weighted by molar-refractivity contribution is -0.0220. The molecule has 9 nitrogen and oxygen atoms in total. The van der Waals surface area contributed by atoms with Gasteiger partial charge >= 0.3 is 6.01 Å². The SMILES string of the molecule is O=C(Nc1nnc(-c2ccco2)o1)c1cc(-c2ccccc2)nc2nc(N3CCC(F)(F)CC3)sc12. The van der Waals surface area contributed by atoms with Crippen LogP contribution in [0.15, 0.2) is 63.6 Å². The standard InChI is InChI=1S/C24H18F2N6O3S/c25-24(26)8-10-32(11-9-24)23-28-19-18(36-23)15(13-16(27-19)14-5-2-1-3-6-14)20(33)29-22-31-30-21(35-22)17-7-4-12-34-17/h1-7,12-13H,8-11H2,(H,29,31,33). The van der Waals surface area contributed by atoms with Crippen molar-refractivity contribution < 1.29 is 22.4 Å². The first kappa shape index (κ1) is 22.3. The third-order valence-corrected chi connectivity index (χ3v) is 6.95. The van der Waals surface area contributed by atoms with Crippen molar-refractivity contribution in [2.24, 2.45) is 0 Å². The van der Waals surface area contributed by atoms with Gasteiger partial charge in [-0.15, -0.1) is 5.10 Å². The summed E-state index contributed by atoms with van der Waals surface area (Å²) >= 11 is 1.24. The number of alkyl halides is 2. The minimum Gasteiger partial charge on any atom is -0.459 e. The number of anilines is 2. The van der Waals surface area contributed by atoms with E-state index in [1.165, 1.54) is 17.6 Å². The topological polar surface area (TPSA) is 110 Å². The molecular formula is C24H18F2N6O3S. The van der Waals surface area contributed by atoms with Crippen LogP contribution in [0.4, 0.5) is 19.9 Å². The first-order chi connectivity index (χ1) is 17.4. The number of aromatic nitrogens is 4. The Bertz CT molecular complexity index is 1520. The molecule has 0 aliphatic carbocycles. The monoisotopic (exact) mass is 508 g/mol. The number of halogens is 2. The molecule has 0 bridgehead atoms. The van der Waals surface area contributed by atoms with Gasteiger partial charge in [-0.25, -0.2) is 13.8 Å². The zero-order valence-electron chi connectivity index (χ0n) is 18.6. The molecule has 1 fully saturated rings. The molecular weight excluding hydrogens is 490 g/mol. The van der Waals surface area contributed by atoms with Gasteiger partial charge in [-0.05, 0) is 18.2 Å². The summed E-state index contributed by atoms with van der Waals surface area (Å²) in [6.45, 7) is 0.356. The van der Waals surface area contributed by atoms with Crippen LogP contribution in [-0.4, -0.2) is 45.1 Å². The highest BCUT2D eigenvalue weighted by molar-refractivity contribution is 7.22. The summed E-state index contributed by atoms with van der Waals surface area (Å²) in [6, 6.07) is 14.3. The van der Waals surface area contributed by atoms with Crippen molar-refractivity contribution in [3.05, 3.63) is 60.4 Å². The molecule has 1 aromatic carbocycles. The van der Waals surface area contributed by atoms with Crippen molar-refractivity contribution in [1.29, 1.82) is 0 Å². The van der Waals surface area contributed by atoms with Crippen molar-refractivity contribution in [2.75, 3.05) is 23.3 Å². The number of rotatable bonds is 5. The van der Waals surface area contributed by atoms with Crippen LogP contribution >= 0.6 is 11.3 Å². The summed E-state index contributed by atoms with van der Waals surface area (Å²) in [7, 11) is 0. The van der Waals surface area contributed by atoms with Gasteiger partial charge in [0.15, 0.2) is 16.5 Å². The highest BCUT2D eigenvalue weighted by atomic mass is 32.1. The van der Waals surface area contributed by atoms with E-state index < -0.39 is 11.8 Å². The highest BCUT2D eigenvalue weighted by Crippen LogP contribution is 2.37. The number of nitrogens with one attached hydrogen (secondary N) is 1. The van der Waals surface area contributed by atoms with E-state index in [9.17, 15) is 13.6 Å². The fourth-order valence-electron chi connectivity index (χ4n) is 3.92. The molecule has 0 spiro atoms. The van der Waals surface area contributed by atoms with E-state index in [1.807, 2.05) is 30.3 Å². The molecule has 5 aromatic rings. The molecule has 0 saturated carbocycles. The van der Waals surface area contributed by atoms with E-state index in [1.54, 1.807) is 23.1 Å². The number of fused-ring (bicyclic) bond motifs is 1. The number of amides is 1. The Morgan fingerprint density at radius 2 is 1.86 bits per heavy atom. The summed E-state index contributed by atoms with van der Waals surface area (Å²) in [5.41, 5.74) is 2.03. The molecule has 1 N–H and O–H groups in total. The maximum atomic E-state index is 13.7. The Balaban J connectivity index is 1.36. The summed E-state index contributed by atoms with van der Waals surface area (Å²) in [6.07, 6.45) is 0.990. The Morgan fingerprint density at radius 1 is 1.06 bits per heavy atom. The van der Waals surface area contributed by atoms with E-state index in [4.69, 9.17) is 8.83 Å². The molecule has 1 amide bonds. The van der Waals surface area contributed by atoms with Crippen LogP contribution in [0.3, 0.4) is 0 Å². The molecule has 182 valence electrons. The number of carbonyl (C=O) groups is 1. The Kier molecular flexibility index (Phi) is 5.44. The van der Waals surface area contributed by atoms with Gasteiger partial charge in [-0.1, -0.05) is 46.8 Å². The molecule has 1 aliphatic heterocycles. The number of carbonyl (C=O) groups excluding carboxylic acids is 1. The van der Waals surface area contributed by atoms with E-state index in [2.05, 4.69) is 25.5 Å². The van der Waals surface area contributed by atoms with Crippen LogP contribution in [0.1, 0.15) is 23.2 Å². The molecule has 0 unspecified atom stereocenters.